The molecule has 3 atom stereocenters. The van der Waals surface area contributed by atoms with Crippen molar-refractivity contribution in [3.63, 3.8) is 0 Å². The van der Waals surface area contributed by atoms with Crippen LogP contribution in [0.5, 0.6) is 0 Å². The van der Waals surface area contributed by atoms with Gasteiger partial charge in [-0.15, -0.1) is 0 Å². The molecular weight excluding hydrogens is 258 g/mol. The number of hydrogen-bond donors (Lipinski definition) is 2. The molecule has 0 saturated carbocycles. The summed E-state index contributed by atoms with van der Waals surface area (Å²) in [6.45, 7) is 11.1. The van der Waals surface area contributed by atoms with Crippen LogP contribution < -0.4 is 5.32 Å². The van der Waals surface area contributed by atoms with Crippen molar-refractivity contribution in [1.29, 1.82) is 0 Å². The van der Waals surface area contributed by atoms with E-state index in [9.17, 15) is 14.4 Å². The van der Waals surface area contributed by atoms with E-state index in [1.807, 2.05) is 6.92 Å². The Morgan fingerprint density at radius 1 is 1.05 bits per heavy atom. The molecule has 116 valence electrons. The van der Waals surface area contributed by atoms with E-state index in [1.165, 1.54) is 6.92 Å². The first-order valence-corrected chi connectivity index (χ1v) is 7.00. The second-order valence-corrected chi connectivity index (χ2v) is 6.81. The molecule has 0 aliphatic rings. The highest BCUT2D eigenvalue weighted by atomic mass is 16.4. The van der Waals surface area contributed by atoms with Gasteiger partial charge in [0.15, 0.2) is 5.78 Å². The number of ketones is 1. The van der Waals surface area contributed by atoms with E-state index in [0.29, 0.717) is 0 Å². The minimum absolute atomic E-state index is 0.0435. The van der Waals surface area contributed by atoms with Crippen molar-refractivity contribution in [2.24, 2.45) is 17.3 Å². The summed E-state index contributed by atoms with van der Waals surface area (Å²) in [4.78, 5) is 34.5. The Hall–Kier alpha value is -1.39. The van der Waals surface area contributed by atoms with Crippen LogP contribution in [0.2, 0.25) is 0 Å². The number of nitrogens with one attached hydrogen (secondary N) is 1. The number of aliphatic carboxylic acids is 1. The lowest BCUT2D eigenvalue weighted by Crippen LogP contribution is -2.42. The second-order valence-electron chi connectivity index (χ2n) is 6.81. The smallest absolute Gasteiger partial charge is 0.306 e. The molecule has 0 aliphatic carbocycles. The van der Waals surface area contributed by atoms with E-state index in [0.717, 1.165) is 6.42 Å². The fourth-order valence-corrected chi connectivity index (χ4v) is 2.01. The van der Waals surface area contributed by atoms with Gasteiger partial charge in [-0.25, -0.2) is 0 Å². The van der Waals surface area contributed by atoms with E-state index in [4.69, 9.17) is 5.11 Å². The zero-order valence-electron chi connectivity index (χ0n) is 13.3. The molecule has 1 amide bonds. The molecule has 2 N–H and O–H groups in total. The third-order valence-corrected chi connectivity index (χ3v) is 3.14. The summed E-state index contributed by atoms with van der Waals surface area (Å²) in [5.41, 5.74) is 0.0435. The first kappa shape index (κ1) is 18.6. The number of rotatable bonds is 7. The minimum atomic E-state index is -1.00. The molecule has 0 heterocycles. The third-order valence-electron chi connectivity index (χ3n) is 3.14. The first-order valence-electron chi connectivity index (χ1n) is 7.00. The molecule has 5 nitrogen and oxygen atoms in total. The summed E-state index contributed by atoms with van der Waals surface area (Å²) in [6, 6.07) is -0.647. The lowest BCUT2D eigenvalue weighted by molar-refractivity contribution is -0.143. The normalized spacial score (nSPS) is 16.1. The SMILES string of the molecule is C[C@H](CC(=O)[C@H](C)NC(=O)[C@H](C)CC(C)(C)C)C(=O)O. The lowest BCUT2D eigenvalue weighted by Gasteiger charge is -2.24. The van der Waals surface area contributed by atoms with Crippen LogP contribution in [0.4, 0.5) is 0 Å². The molecule has 0 spiro atoms. The average Bonchev–Trinajstić information content (AvgIpc) is 2.25. The van der Waals surface area contributed by atoms with E-state index in [-0.39, 0.29) is 29.4 Å². The molecule has 0 radical (unpaired) electrons. The maximum atomic E-state index is 12.0. The van der Waals surface area contributed by atoms with Crippen molar-refractivity contribution >= 4 is 17.7 Å². The highest BCUT2D eigenvalue weighted by Gasteiger charge is 2.25. The third kappa shape index (κ3) is 7.26. The number of carbonyl (C=O) groups excluding carboxylic acids is 2. The molecule has 0 fully saturated rings. The van der Waals surface area contributed by atoms with Gasteiger partial charge < -0.3 is 10.4 Å². The quantitative estimate of drug-likeness (QED) is 0.751. The van der Waals surface area contributed by atoms with E-state index < -0.39 is 17.9 Å². The molecule has 5 heteroatoms. The standard InChI is InChI=1S/C15H27NO4/c1-9(14(19)20)7-12(17)11(3)16-13(18)10(2)8-15(4,5)6/h9-11H,7-8H2,1-6H3,(H,16,18)(H,19,20)/t9-,10-,11+/m1/s1. The summed E-state index contributed by atoms with van der Waals surface area (Å²) in [5, 5.41) is 11.4. The van der Waals surface area contributed by atoms with E-state index in [2.05, 4.69) is 26.1 Å². The maximum Gasteiger partial charge on any atom is 0.306 e. The van der Waals surface area contributed by atoms with Crippen LogP contribution in [0.15, 0.2) is 0 Å². The van der Waals surface area contributed by atoms with Gasteiger partial charge in [-0.3, -0.25) is 14.4 Å². The van der Waals surface area contributed by atoms with Gasteiger partial charge in [-0.05, 0) is 18.8 Å². The lowest BCUT2D eigenvalue weighted by atomic mass is 9.85. The Morgan fingerprint density at radius 2 is 1.55 bits per heavy atom. The highest BCUT2D eigenvalue weighted by molar-refractivity contribution is 5.91. The van der Waals surface area contributed by atoms with E-state index >= 15 is 0 Å². The zero-order chi connectivity index (χ0) is 16.1. The van der Waals surface area contributed by atoms with Gasteiger partial charge in [-0.2, -0.15) is 0 Å². The molecule has 0 aromatic rings. The average molecular weight is 285 g/mol. The summed E-state index contributed by atoms with van der Waals surface area (Å²) in [5.74, 6) is -2.33. The van der Waals surface area contributed by atoms with Crippen LogP contribution in [0.25, 0.3) is 0 Å². The summed E-state index contributed by atoms with van der Waals surface area (Å²) < 4.78 is 0. The zero-order valence-corrected chi connectivity index (χ0v) is 13.3. The number of carboxylic acids is 1. The fraction of sp³-hybridized carbons (Fsp3) is 0.800. The van der Waals surface area contributed by atoms with Crippen molar-refractivity contribution in [3.8, 4) is 0 Å². The van der Waals surface area contributed by atoms with Crippen molar-refractivity contribution in [1.82, 2.24) is 5.32 Å². The number of carbonyl (C=O) groups is 3. The molecule has 0 saturated heterocycles. The van der Waals surface area contributed by atoms with Crippen molar-refractivity contribution in [3.05, 3.63) is 0 Å². The molecule has 20 heavy (non-hydrogen) atoms. The van der Waals surface area contributed by atoms with Gasteiger partial charge in [0.2, 0.25) is 5.91 Å². The summed E-state index contributed by atoms with van der Waals surface area (Å²) in [7, 11) is 0. The predicted molar refractivity (Wildman–Crippen MR) is 77.3 cm³/mol. The molecule has 0 rings (SSSR count). The Bertz CT molecular complexity index is 371. The Morgan fingerprint density at radius 3 is 1.95 bits per heavy atom. The minimum Gasteiger partial charge on any atom is -0.481 e. The van der Waals surface area contributed by atoms with E-state index in [1.54, 1.807) is 6.92 Å². The molecule has 0 aliphatic heterocycles. The van der Waals surface area contributed by atoms with Crippen LogP contribution in [-0.2, 0) is 14.4 Å². The monoisotopic (exact) mass is 285 g/mol. The largest absolute Gasteiger partial charge is 0.481 e. The predicted octanol–water partition coefficient (Wildman–Crippen LogP) is 2.24. The van der Waals surface area contributed by atoms with Gasteiger partial charge in [0.25, 0.3) is 0 Å². The molecular formula is C15H27NO4. The topological polar surface area (TPSA) is 83.5 Å². The molecule has 0 unspecified atom stereocenters. The fourth-order valence-electron chi connectivity index (χ4n) is 2.01. The van der Waals surface area contributed by atoms with Crippen LogP contribution in [0.1, 0.15) is 54.4 Å². The Balaban J connectivity index is 4.38. The number of Topliss-reactive ketones (excluding diaryl/α,β-unsaturated/α-hetero) is 1. The number of carboxylic acid groups (broad SMARTS) is 1. The van der Waals surface area contributed by atoms with Crippen molar-refractivity contribution < 1.29 is 19.5 Å². The highest BCUT2D eigenvalue weighted by Crippen LogP contribution is 2.24. The van der Waals surface area contributed by atoms with Crippen molar-refractivity contribution in [2.75, 3.05) is 0 Å². The molecule has 0 bridgehead atoms. The van der Waals surface area contributed by atoms with Gasteiger partial charge in [-0.1, -0.05) is 34.6 Å². The number of hydrogen-bond acceptors (Lipinski definition) is 3. The molecule has 0 aromatic carbocycles. The first-order chi connectivity index (χ1) is 8.94. The van der Waals surface area contributed by atoms with Crippen LogP contribution in [0, 0.1) is 17.3 Å². The Labute approximate surface area is 121 Å². The number of amides is 1. The summed E-state index contributed by atoms with van der Waals surface area (Å²) in [6.07, 6.45) is 0.662. The van der Waals surface area contributed by atoms with Gasteiger partial charge >= 0.3 is 5.97 Å². The van der Waals surface area contributed by atoms with Gasteiger partial charge in [0.1, 0.15) is 0 Å². The van der Waals surface area contributed by atoms with Crippen LogP contribution in [-0.4, -0.2) is 28.8 Å². The van der Waals surface area contributed by atoms with Gasteiger partial charge in [0.05, 0.1) is 12.0 Å². The van der Waals surface area contributed by atoms with Crippen LogP contribution >= 0.6 is 0 Å². The second kappa shape index (κ2) is 7.41. The summed E-state index contributed by atoms with van der Waals surface area (Å²) >= 11 is 0. The Kier molecular flexibility index (Phi) is 6.89. The van der Waals surface area contributed by atoms with Gasteiger partial charge in [0, 0.05) is 12.3 Å². The maximum absolute atomic E-state index is 12.0. The molecule has 0 aromatic heterocycles. The van der Waals surface area contributed by atoms with Crippen LogP contribution in [0.3, 0.4) is 0 Å². The van der Waals surface area contributed by atoms with Crippen molar-refractivity contribution in [2.45, 2.75) is 60.4 Å².